The number of hydrogen-bond donors (Lipinski definition) is 0. The first kappa shape index (κ1) is 27.0. The minimum atomic E-state index is -0.0810. The van der Waals surface area contributed by atoms with Gasteiger partial charge in [0.05, 0.1) is 5.69 Å². The fourth-order valence-corrected chi connectivity index (χ4v) is 6.95. The van der Waals surface area contributed by atoms with Crippen LogP contribution in [0.5, 0.6) is 0 Å². The van der Waals surface area contributed by atoms with E-state index >= 15 is 0 Å². The Morgan fingerprint density at radius 3 is 1.70 bits per heavy atom. The summed E-state index contributed by atoms with van der Waals surface area (Å²) in [6, 6.07) is 55.0. The number of benzene rings is 6. The molecule has 1 nitrogen and oxygen atoms in total. The Morgan fingerprint density at radius 2 is 0.930 bits per heavy atom. The first-order chi connectivity index (χ1) is 20.9. The maximum Gasteiger partial charge on any atom is 0.0540 e. The molecule has 210 valence electrons. The molecule has 0 amide bonds. The number of para-hydroxylation sites is 2. The van der Waals surface area contributed by atoms with Crippen LogP contribution in [0.1, 0.15) is 38.8 Å². The molecule has 0 spiro atoms. The zero-order valence-electron chi connectivity index (χ0n) is 25.4. The monoisotopic (exact) mass is 555 g/mol. The molecule has 1 heteroatoms. The summed E-state index contributed by atoms with van der Waals surface area (Å²) < 4.78 is 0. The number of hydrogen-bond acceptors (Lipinski definition) is 1. The Balaban J connectivity index is 1.44. The summed E-state index contributed by atoms with van der Waals surface area (Å²) in [4.78, 5) is 2.39. The SMILES string of the molecule is CC1(C)c2ccccc2-c2cccc(-c3cccc(N(c4ccccc4)c4ccccc4-c4ccccc4)c3)c2C1(C)C. The lowest BCUT2D eigenvalue weighted by molar-refractivity contribution is 0.300. The van der Waals surface area contributed by atoms with Gasteiger partial charge in [0.2, 0.25) is 0 Å². The van der Waals surface area contributed by atoms with Crippen molar-refractivity contribution in [1.82, 2.24) is 0 Å². The van der Waals surface area contributed by atoms with Crippen LogP contribution >= 0.6 is 0 Å². The molecule has 0 saturated carbocycles. The molecular formula is C42H37N. The van der Waals surface area contributed by atoms with E-state index in [4.69, 9.17) is 0 Å². The third-order valence-corrected chi connectivity index (χ3v) is 9.80. The zero-order valence-corrected chi connectivity index (χ0v) is 25.4. The topological polar surface area (TPSA) is 3.24 Å². The summed E-state index contributed by atoms with van der Waals surface area (Å²) in [5, 5.41) is 0. The largest absolute Gasteiger partial charge is 0.310 e. The molecule has 0 heterocycles. The summed E-state index contributed by atoms with van der Waals surface area (Å²) in [5.41, 5.74) is 13.8. The predicted octanol–water partition coefficient (Wildman–Crippen LogP) is 11.7. The van der Waals surface area contributed by atoms with E-state index in [1.807, 2.05) is 0 Å². The summed E-state index contributed by atoms with van der Waals surface area (Å²) in [7, 11) is 0. The number of nitrogens with zero attached hydrogens (tertiary/aromatic N) is 1. The Labute approximate surface area is 256 Å². The predicted molar refractivity (Wildman–Crippen MR) is 183 cm³/mol. The van der Waals surface area contributed by atoms with Gasteiger partial charge >= 0.3 is 0 Å². The third kappa shape index (κ3) is 4.39. The van der Waals surface area contributed by atoms with Crippen molar-refractivity contribution < 1.29 is 0 Å². The van der Waals surface area contributed by atoms with Crippen LogP contribution in [-0.2, 0) is 10.8 Å². The molecule has 6 aromatic rings. The van der Waals surface area contributed by atoms with E-state index in [9.17, 15) is 0 Å². The highest BCUT2D eigenvalue weighted by molar-refractivity contribution is 5.90. The van der Waals surface area contributed by atoms with Crippen LogP contribution in [0.25, 0.3) is 33.4 Å². The Kier molecular flexibility index (Phi) is 6.55. The van der Waals surface area contributed by atoms with Gasteiger partial charge in [0.25, 0.3) is 0 Å². The van der Waals surface area contributed by atoms with Gasteiger partial charge in [-0.2, -0.15) is 0 Å². The quantitative estimate of drug-likeness (QED) is 0.204. The van der Waals surface area contributed by atoms with Crippen molar-refractivity contribution in [2.45, 2.75) is 38.5 Å². The van der Waals surface area contributed by atoms with E-state index < -0.39 is 0 Å². The highest BCUT2D eigenvalue weighted by Gasteiger charge is 2.46. The second-order valence-electron chi connectivity index (χ2n) is 12.6. The van der Waals surface area contributed by atoms with Gasteiger partial charge in [0.15, 0.2) is 0 Å². The molecule has 0 aromatic heterocycles. The Hall–Kier alpha value is -4.88. The molecule has 0 unspecified atom stereocenters. The highest BCUT2D eigenvalue weighted by atomic mass is 15.1. The van der Waals surface area contributed by atoms with Crippen molar-refractivity contribution in [1.29, 1.82) is 0 Å². The minimum Gasteiger partial charge on any atom is -0.310 e. The average molecular weight is 556 g/mol. The molecule has 6 aromatic carbocycles. The number of anilines is 3. The molecule has 1 aliphatic rings. The molecule has 7 rings (SSSR count). The lowest BCUT2D eigenvalue weighted by atomic mass is 9.54. The molecular weight excluding hydrogens is 518 g/mol. The van der Waals surface area contributed by atoms with E-state index in [1.54, 1.807) is 0 Å². The van der Waals surface area contributed by atoms with Crippen molar-refractivity contribution >= 4 is 17.1 Å². The summed E-state index contributed by atoms with van der Waals surface area (Å²) in [6.45, 7) is 9.64. The van der Waals surface area contributed by atoms with Crippen molar-refractivity contribution in [2.75, 3.05) is 4.90 Å². The van der Waals surface area contributed by atoms with E-state index in [0.717, 1.165) is 17.1 Å². The first-order valence-corrected chi connectivity index (χ1v) is 15.2. The van der Waals surface area contributed by atoms with Crippen LogP contribution in [0.3, 0.4) is 0 Å². The van der Waals surface area contributed by atoms with Crippen molar-refractivity contribution in [3.05, 3.63) is 163 Å². The normalized spacial score (nSPS) is 14.4. The summed E-state index contributed by atoms with van der Waals surface area (Å²) in [6.07, 6.45) is 0. The van der Waals surface area contributed by atoms with E-state index in [1.165, 1.54) is 44.5 Å². The molecule has 0 atom stereocenters. The minimum absolute atomic E-state index is 0.0327. The molecule has 1 aliphatic carbocycles. The summed E-state index contributed by atoms with van der Waals surface area (Å²) in [5.74, 6) is 0. The van der Waals surface area contributed by atoms with E-state index in [-0.39, 0.29) is 10.8 Å². The highest BCUT2D eigenvalue weighted by Crippen LogP contribution is 2.56. The van der Waals surface area contributed by atoms with Gasteiger partial charge in [0, 0.05) is 22.4 Å². The molecule has 0 N–H and O–H groups in total. The Morgan fingerprint density at radius 1 is 0.395 bits per heavy atom. The summed E-state index contributed by atoms with van der Waals surface area (Å²) >= 11 is 0. The maximum atomic E-state index is 2.42. The van der Waals surface area contributed by atoms with Gasteiger partial charge in [-0.05, 0) is 74.7 Å². The molecule has 0 radical (unpaired) electrons. The van der Waals surface area contributed by atoms with Crippen molar-refractivity contribution in [2.24, 2.45) is 0 Å². The molecule has 0 fully saturated rings. The average Bonchev–Trinajstić information content (AvgIpc) is 3.05. The lowest BCUT2D eigenvalue weighted by Gasteiger charge is -2.49. The van der Waals surface area contributed by atoms with Gasteiger partial charge in [0.1, 0.15) is 0 Å². The second kappa shape index (κ2) is 10.4. The fraction of sp³-hybridized carbons (Fsp3) is 0.143. The van der Waals surface area contributed by atoms with Crippen LogP contribution in [0.4, 0.5) is 17.1 Å². The Bertz CT molecular complexity index is 1910. The van der Waals surface area contributed by atoms with Crippen molar-refractivity contribution in [3.63, 3.8) is 0 Å². The fourth-order valence-electron chi connectivity index (χ4n) is 6.95. The van der Waals surface area contributed by atoms with Crippen LogP contribution in [-0.4, -0.2) is 0 Å². The van der Waals surface area contributed by atoms with Gasteiger partial charge in [-0.1, -0.05) is 149 Å². The van der Waals surface area contributed by atoms with Gasteiger partial charge < -0.3 is 4.90 Å². The molecule has 0 saturated heterocycles. The van der Waals surface area contributed by atoms with Gasteiger partial charge in [-0.25, -0.2) is 0 Å². The van der Waals surface area contributed by atoms with E-state index in [2.05, 4.69) is 184 Å². The number of rotatable bonds is 5. The van der Waals surface area contributed by atoms with Crippen molar-refractivity contribution in [3.8, 4) is 33.4 Å². The molecule has 0 aliphatic heterocycles. The lowest BCUT2D eigenvalue weighted by Crippen LogP contribution is -2.43. The third-order valence-electron chi connectivity index (χ3n) is 9.80. The second-order valence-corrected chi connectivity index (χ2v) is 12.6. The first-order valence-electron chi connectivity index (χ1n) is 15.2. The zero-order chi connectivity index (χ0) is 29.6. The van der Waals surface area contributed by atoms with Crippen LogP contribution in [0, 0.1) is 0 Å². The van der Waals surface area contributed by atoms with Crippen LogP contribution in [0.2, 0.25) is 0 Å². The van der Waals surface area contributed by atoms with E-state index in [0.29, 0.717) is 0 Å². The molecule has 0 bridgehead atoms. The van der Waals surface area contributed by atoms with Crippen LogP contribution in [0.15, 0.2) is 152 Å². The smallest absolute Gasteiger partial charge is 0.0540 e. The maximum absolute atomic E-state index is 2.42. The van der Waals surface area contributed by atoms with Crippen LogP contribution < -0.4 is 4.90 Å². The molecule has 43 heavy (non-hydrogen) atoms. The standard InChI is InChI=1S/C42H37N/c1-41(2)38-27-13-11-24-36(38)37-26-16-25-35(40(37)42(41,3)4)31-19-15-22-33(29-31)43(32-20-9-6-10-21-32)39-28-14-12-23-34(39)30-17-7-5-8-18-30/h5-29H,1-4H3. The van der Waals surface area contributed by atoms with Gasteiger partial charge in [-0.15, -0.1) is 0 Å². The van der Waals surface area contributed by atoms with Gasteiger partial charge in [-0.3, -0.25) is 0 Å². The number of fused-ring (bicyclic) bond motifs is 3.